The van der Waals surface area contributed by atoms with Crippen LogP contribution in [0.2, 0.25) is 0 Å². The molecule has 0 aliphatic carbocycles. The van der Waals surface area contributed by atoms with Gasteiger partial charge in [0.2, 0.25) is 0 Å². The summed E-state index contributed by atoms with van der Waals surface area (Å²) in [7, 11) is 0. The van der Waals surface area contributed by atoms with Crippen LogP contribution >= 0.6 is 22.7 Å². The molecule has 2 aromatic rings. The molecule has 1 fully saturated rings. The van der Waals surface area contributed by atoms with Crippen LogP contribution in [0.25, 0.3) is 9.88 Å². The SMILES string of the molecule is O=C(c1cnc(-c2cccs2)s1)N1CCN(CCO)CC1. The van der Waals surface area contributed by atoms with Crippen LogP contribution < -0.4 is 0 Å². The predicted molar refractivity (Wildman–Crippen MR) is 84.9 cm³/mol. The van der Waals surface area contributed by atoms with Gasteiger partial charge in [-0.05, 0) is 11.4 Å². The molecule has 0 atom stereocenters. The molecule has 1 saturated heterocycles. The number of aliphatic hydroxyl groups excluding tert-OH is 1. The quantitative estimate of drug-likeness (QED) is 0.929. The molecule has 0 spiro atoms. The molecule has 0 radical (unpaired) electrons. The number of β-amino-alcohol motifs (C(OH)–C–C–N with tert-alkyl or cyclic N) is 1. The molecule has 1 amide bonds. The maximum Gasteiger partial charge on any atom is 0.265 e. The lowest BCUT2D eigenvalue weighted by molar-refractivity contribution is 0.0619. The van der Waals surface area contributed by atoms with Crippen molar-refractivity contribution in [3.05, 3.63) is 28.6 Å². The number of hydrogen-bond acceptors (Lipinski definition) is 6. The van der Waals surface area contributed by atoms with E-state index in [2.05, 4.69) is 9.88 Å². The Labute approximate surface area is 131 Å². The molecule has 3 heterocycles. The van der Waals surface area contributed by atoms with E-state index in [9.17, 15) is 4.79 Å². The van der Waals surface area contributed by atoms with Crippen molar-refractivity contribution in [3.63, 3.8) is 0 Å². The molecule has 0 unspecified atom stereocenters. The van der Waals surface area contributed by atoms with Gasteiger partial charge in [-0.25, -0.2) is 4.98 Å². The summed E-state index contributed by atoms with van der Waals surface area (Å²) in [5, 5.41) is 11.9. The normalized spacial score (nSPS) is 16.3. The lowest BCUT2D eigenvalue weighted by Crippen LogP contribution is -2.49. The standard InChI is InChI=1S/C14H17N3O2S2/c18-8-7-16-3-5-17(6-4-16)14(19)12-10-15-13(21-12)11-2-1-9-20-11/h1-2,9-10,18H,3-8H2. The summed E-state index contributed by atoms with van der Waals surface area (Å²) in [5.41, 5.74) is 0. The van der Waals surface area contributed by atoms with Gasteiger partial charge in [0.05, 0.1) is 17.7 Å². The van der Waals surface area contributed by atoms with Gasteiger partial charge < -0.3 is 10.0 Å². The minimum absolute atomic E-state index is 0.0685. The third kappa shape index (κ3) is 3.32. The molecule has 3 rings (SSSR count). The first-order chi connectivity index (χ1) is 10.3. The zero-order chi connectivity index (χ0) is 14.7. The first kappa shape index (κ1) is 14.6. The van der Waals surface area contributed by atoms with E-state index < -0.39 is 0 Å². The number of aromatic nitrogens is 1. The Kier molecular flexibility index (Phi) is 4.64. The van der Waals surface area contributed by atoms with E-state index >= 15 is 0 Å². The van der Waals surface area contributed by atoms with Gasteiger partial charge in [0.25, 0.3) is 5.91 Å². The smallest absolute Gasteiger partial charge is 0.265 e. The number of thiophene rings is 1. The van der Waals surface area contributed by atoms with Crippen molar-refractivity contribution in [3.8, 4) is 9.88 Å². The summed E-state index contributed by atoms with van der Waals surface area (Å²) in [6, 6.07) is 4.01. The first-order valence-corrected chi connectivity index (χ1v) is 8.60. The second kappa shape index (κ2) is 6.65. The van der Waals surface area contributed by atoms with E-state index in [1.165, 1.54) is 11.3 Å². The molecule has 1 aliphatic rings. The molecule has 7 heteroatoms. The van der Waals surface area contributed by atoms with Crippen LogP contribution in [0.3, 0.4) is 0 Å². The van der Waals surface area contributed by atoms with Crippen molar-refractivity contribution in [1.29, 1.82) is 0 Å². The number of aliphatic hydroxyl groups is 1. The molecule has 1 aliphatic heterocycles. The molecular formula is C14H17N3O2S2. The Hall–Kier alpha value is -1.28. The number of nitrogens with zero attached hydrogens (tertiary/aromatic N) is 3. The van der Waals surface area contributed by atoms with Crippen molar-refractivity contribution in [1.82, 2.24) is 14.8 Å². The summed E-state index contributed by atoms with van der Waals surface area (Å²) in [6.45, 7) is 3.93. The highest BCUT2D eigenvalue weighted by Gasteiger charge is 2.23. The molecule has 0 bridgehead atoms. The topological polar surface area (TPSA) is 56.7 Å². The third-order valence-electron chi connectivity index (χ3n) is 3.52. The molecule has 5 nitrogen and oxygen atoms in total. The largest absolute Gasteiger partial charge is 0.395 e. The molecule has 112 valence electrons. The Morgan fingerprint density at radius 3 is 2.81 bits per heavy atom. The van der Waals surface area contributed by atoms with Gasteiger partial charge >= 0.3 is 0 Å². The lowest BCUT2D eigenvalue weighted by Gasteiger charge is -2.34. The fraction of sp³-hybridized carbons (Fsp3) is 0.429. The van der Waals surface area contributed by atoms with E-state index in [1.807, 2.05) is 22.4 Å². The van der Waals surface area contributed by atoms with Crippen molar-refractivity contribution in [2.24, 2.45) is 0 Å². The molecule has 1 N–H and O–H groups in total. The van der Waals surface area contributed by atoms with Gasteiger partial charge in [-0.2, -0.15) is 0 Å². The van der Waals surface area contributed by atoms with Crippen LogP contribution in [0.1, 0.15) is 9.67 Å². The van der Waals surface area contributed by atoms with Crippen LogP contribution in [-0.4, -0.2) is 65.1 Å². The fourth-order valence-corrected chi connectivity index (χ4v) is 4.05. The van der Waals surface area contributed by atoms with Crippen LogP contribution in [-0.2, 0) is 0 Å². The molecule has 2 aromatic heterocycles. The van der Waals surface area contributed by atoms with Crippen molar-refractivity contribution in [2.45, 2.75) is 0 Å². The molecule has 0 saturated carbocycles. The second-order valence-electron chi connectivity index (χ2n) is 4.86. The van der Waals surface area contributed by atoms with Gasteiger partial charge in [-0.1, -0.05) is 6.07 Å². The summed E-state index contributed by atoms with van der Waals surface area (Å²) in [5.74, 6) is 0.0685. The highest BCUT2D eigenvalue weighted by atomic mass is 32.1. The van der Waals surface area contributed by atoms with Gasteiger partial charge in [0.1, 0.15) is 9.88 Å². The molecular weight excluding hydrogens is 306 g/mol. The van der Waals surface area contributed by atoms with E-state index in [1.54, 1.807) is 17.5 Å². The van der Waals surface area contributed by atoms with Gasteiger partial charge in [-0.15, -0.1) is 22.7 Å². The first-order valence-electron chi connectivity index (χ1n) is 6.90. The third-order valence-corrected chi connectivity index (χ3v) is 5.55. The zero-order valence-electron chi connectivity index (χ0n) is 11.6. The molecule has 21 heavy (non-hydrogen) atoms. The molecule has 0 aromatic carbocycles. The number of hydrogen-bond donors (Lipinski definition) is 1. The average molecular weight is 323 g/mol. The number of thiazole rings is 1. The summed E-state index contributed by atoms with van der Waals surface area (Å²) in [6.07, 6.45) is 1.68. The Bertz CT molecular complexity index is 589. The number of carbonyl (C=O) groups is 1. The van der Waals surface area contributed by atoms with Gasteiger partial charge in [0.15, 0.2) is 0 Å². The summed E-state index contributed by atoms with van der Waals surface area (Å²) >= 11 is 3.09. The zero-order valence-corrected chi connectivity index (χ0v) is 13.2. The Balaban J connectivity index is 1.64. The van der Waals surface area contributed by atoms with E-state index in [0.717, 1.165) is 23.0 Å². The minimum atomic E-state index is 0.0685. The summed E-state index contributed by atoms with van der Waals surface area (Å²) < 4.78 is 0. The van der Waals surface area contributed by atoms with Crippen molar-refractivity contribution >= 4 is 28.6 Å². The monoisotopic (exact) mass is 323 g/mol. The number of amides is 1. The maximum atomic E-state index is 12.5. The van der Waals surface area contributed by atoms with E-state index in [4.69, 9.17) is 5.11 Å². The Morgan fingerprint density at radius 2 is 2.14 bits per heavy atom. The average Bonchev–Trinajstić information content (AvgIpc) is 3.19. The lowest BCUT2D eigenvalue weighted by atomic mass is 10.3. The van der Waals surface area contributed by atoms with Gasteiger partial charge in [0, 0.05) is 32.7 Å². The number of rotatable bonds is 4. The van der Waals surface area contributed by atoms with E-state index in [0.29, 0.717) is 24.5 Å². The highest BCUT2D eigenvalue weighted by molar-refractivity contribution is 7.21. The van der Waals surface area contributed by atoms with E-state index in [-0.39, 0.29) is 12.5 Å². The minimum Gasteiger partial charge on any atom is -0.395 e. The summed E-state index contributed by atoms with van der Waals surface area (Å²) in [4.78, 5) is 22.7. The van der Waals surface area contributed by atoms with Crippen molar-refractivity contribution in [2.75, 3.05) is 39.3 Å². The van der Waals surface area contributed by atoms with Crippen LogP contribution in [0.15, 0.2) is 23.7 Å². The van der Waals surface area contributed by atoms with Gasteiger partial charge in [-0.3, -0.25) is 9.69 Å². The number of piperazine rings is 1. The fourth-order valence-electron chi connectivity index (χ4n) is 2.36. The maximum absolute atomic E-state index is 12.5. The highest BCUT2D eigenvalue weighted by Crippen LogP contribution is 2.29. The van der Waals surface area contributed by atoms with Crippen molar-refractivity contribution < 1.29 is 9.90 Å². The number of carbonyl (C=O) groups excluding carboxylic acids is 1. The second-order valence-corrected chi connectivity index (χ2v) is 6.84. The van der Waals surface area contributed by atoms with Crippen LogP contribution in [0, 0.1) is 0 Å². The predicted octanol–water partition coefficient (Wildman–Crippen LogP) is 1.62. The van der Waals surface area contributed by atoms with Crippen LogP contribution in [0.4, 0.5) is 0 Å². The van der Waals surface area contributed by atoms with Crippen LogP contribution in [0.5, 0.6) is 0 Å². The Morgan fingerprint density at radius 1 is 1.33 bits per heavy atom.